The van der Waals surface area contributed by atoms with Gasteiger partial charge in [-0.3, -0.25) is 4.68 Å². The van der Waals surface area contributed by atoms with Gasteiger partial charge in [0.15, 0.2) is 0 Å². The van der Waals surface area contributed by atoms with Crippen LogP contribution in [0.3, 0.4) is 0 Å². The van der Waals surface area contributed by atoms with E-state index in [0.29, 0.717) is 17.1 Å². The van der Waals surface area contributed by atoms with E-state index in [0.717, 1.165) is 5.56 Å². The van der Waals surface area contributed by atoms with Gasteiger partial charge in [-0.05, 0) is 17.7 Å². The minimum absolute atomic E-state index is 0.260. The van der Waals surface area contributed by atoms with E-state index >= 15 is 0 Å². The highest BCUT2D eigenvalue weighted by Crippen LogP contribution is 2.13. The van der Waals surface area contributed by atoms with Crippen molar-refractivity contribution < 1.29 is 9.50 Å². The quantitative estimate of drug-likeness (QED) is 0.844. The van der Waals surface area contributed by atoms with Crippen LogP contribution in [0.5, 0.6) is 0 Å². The molecule has 2 aromatic rings. The van der Waals surface area contributed by atoms with E-state index in [4.69, 9.17) is 16.7 Å². The topological polar surface area (TPSA) is 38.0 Å². The van der Waals surface area contributed by atoms with Gasteiger partial charge in [0.05, 0.1) is 17.8 Å². The first-order valence-corrected chi connectivity index (χ1v) is 5.63. The lowest BCUT2D eigenvalue weighted by molar-refractivity contribution is 0.350. The summed E-state index contributed by atoms with van der Waals surface area (Å²) >= 11 is 5.77. The molecule has 1 aromatic carbocycles. The normalized spacial score (nSPS) is 9.94. The van der Waals surface area contributed by atoms with Crippen molar-refractivity contribution in [2.75, 3.05) is 6.61 Å². The molecular formula is C13H10ClFN2O. The van der Waals surface area contributed by atoms with E-state index < -0.39 is 0 Å². The first kappa shape index (κ1) is 12.6. The summed E-state index contributed by atoms with van der Waals surface area (Å²) < 4.78 is 14.8. The molecule has 0 fully saturated rings. The van der Waals surface area contributed by atoms with Gasteiger partial charge in [-0.1, -0.05) is 29.5 Å². The Morgan fingerprint density at radius 2 is 2.28 bits per heavy atom. The van der Waals surface area contributed by atoms with E-state index in [2.05, 4.69) is 16.9 Å². The van der Waals surface area contributed by atoms with Crippen LogP contribution in [0.4, 0.5) is 4.39 Å². The number of nitrogens with zero attached hydrogens (tertiary/aromatic N) is 2. The molecule has 0 unspecified atom stereocenters. The third kappa shape index (κ3) is 3.10. The minimum atomic E-state index is -0.362. The Kier molecular flexibility index (Phi) is 3.98. The molecule has 5 heteroatoms. The Labute approximate surface area is 109 Å². The first-order valence-electron chi connectivity index (χ1n) is 5.25. The minimum Gasteiger partial charge on any atom is -0.384 e. The van der Waals surface area contributed by atoms with Crippen LogP contribution in [0.25, 0.3) is 0 Å². The monoisotopic (exact) mass is 264 g/mol. The van der Waals surface area contributed by atoms with Crippen LogP contribution < -0.4 is 0 Å². The lowest BCUT2D eigenvalue weighted by Gasteiger charge is -2.05. The molecule has 0 amide bonds. The van der Waals surface area contributed by atoms with Crippen LogP contribution >= 0.6 is 11.6 Å². The molecule has 0 saturated carbocycles. The summed E-state index contributed by atoms with van der Waals surface area (Å²) in [6.07, 6.45) is 3.21. The second kappa shape index (κ2) is 5.67. The van der Waals surface area contributed by atoms with Crippen LogP contribution in [0.1, 0.15) is 11.1 Å². The molecule has 0 aliphatic heterocycles. The number of aliphatic hydroxyl groups excluding tert-OH is 1. The van der Waals surface area contributed by atoms with Crippen molar-refractivity contribution in [2.45, 2.75) is 6.54 Å². The number of hydrogen-bond acceptors (Lipinski definition) is 2. The number of hydrogen-bond donors (Lipinski definition) is 1. The zero-order valence-corrected chi connectivity index (χ0v) is 10.2. The van der Waals surface area contributed by atoms with Crippen molar-refractivity contribution >= 4 is 11.6 Å². The molecule has 0 radical (unpaired) electrons. The predicted octanol–water partition coefficient (Wildman–Crippen LogP) is 2.07. The molecule has 2 rings (SSSR count). The average Bonchev–Trinajstić information content (AvgIpc) is 2.75. The van der Waals surface area contributed by atoms with Crippen LogP contribution in [-0.4, -0.2) is 21.5 Å². The van der Waals surface area contributed by atoms with Crippen LogP contribution in [0.15, 0.2) is 30.6 Å². The molecule has 0 aliphatic rings. The molecule has 0 bridgehead atoms. The fourth-order valence-electron chi connectivity index (χ4n) is 1.54. The summed E-state index contributed by atoms with van der Waals surface area (Å²) in [4.78, 5) is 0. The predicted molar refractivity (Wildman–Crippen MR) is 66.7 cm³/mol. The van der Waals surface area contributed by atoms with Crippen LogP contribution in [0.2, 0.25) is 5.02 Å². The van der Waals surface area contributed by atoms with Crippen LogP contribution in [-0.2, 0) is 6.54 Å². The molecule has 1 N–H and O–H groups in total. The number of aliphatic hydroxyl groups is 1. The summed E-state index contributed by atoms with van der Waals surface area (Å²) in [6.45, 7) is 0.187. The Morgan fingerprint density at radius 3 is 2.94 bits per heavy atom. The van der Waals surface area contributed by atoms with Gasteiger partial charge in [0.1, 0.15) is 12.4 Å². The Morgan fingerprint density at radius 1 is 1.44 bits per heavy atom. The van der Waals surface area contributed by atoms with E-state index in [9.17, 15) is 4.39 Å². The maximum Gasteiger partial charge on any atom is 0.124 e. The highest BCUT2D eigenvalue weighted by atomic mass is 35.5. The molecule has 1 aromatic heterocycles. The van der Waals surface area contributed by atoms with Crippen molar-refractivity contribution in [3.8, 4) is 11.8 Å². The summed E-state index contributed by atoms with van der Waals surface area (Å²) in [5.41, 5.74) is 1.35. The van der Waals surface area contributed by atoms with Gasteiger partial charge in [-0.2, -0.15) is 5.10 Å². The molecule has 18 heavy (non-hydrogen) atoms. The van der Waals surface area contributed by atoms with E-state index in [-0.39, 0.29) is 12.4 Å². The lowest BCUT2D eigenvalue weighted by atomic mass is 10.1. The standard InChI is InChI=1S/C13H10ClFN2O/c14-12-7-16-17(9-12)8-11-3-4-13(15)6-10(11)2-1-5-18/h3-4,6-7,9,18H,5,8H2. The molecule has 0 spiro atoms. The van der Waals surface area contributed by atoms with Gasteiger partial charge in [-0.15, -0.1) is 0 Å². The molecule has 92 valence electrons. The molecule has 0 aliphatic carbocycles. The van der Waals surface area contributed by atoms with E-state index in [1.807, 2.05) is 0 Å². The summed E-state index contributed by atoms with van der Waals surface area (Å²) in [6, 6.07) is 4.35. The highest BCUT2D eigenvalue weighted by molar-refractivity contribution is 6.30. The largest absolute Gasteiger partial charge is 0.384 e. The van der Waals surface area contributed by atoms with E-state index in [1.54, 1.807) is 16.9 Å². The van der Waals surface area contributed by atoms with Crippen molar-refractivity contribution in [1.29, 1.82) is 0 Å². The zero-order valence-electron chi connectivity index (χ0n) is 9.40. The lowest BCUT2D eigenvalue weighted by Crippen LogP contribution is -2.02. The van der Waals surface area contributed by atoms with Crippen LogP contribution in [0, 0.1) is 17.7 Å². The second-order valence-corrected chi connectivity index (χ2v) is 4.05. The summed E-state index contributed by atoms with van der Waals surface area (Å²) in [5, 5.41) is 13.3. The summed E-state index contributed by atoms with van der Waals surface area (Å²) in [5.74, 6) is 4.86. The van der Waals surface area contributed by atoms with Crippen molar-refractivity contribution in [2.24, 2.45) is 0 Å². The number of rotatable bonds is 2. The fraction of sp³-hybridized carbons (Fsp3) is 0.154. The molecule has 1 heterocycles. The van der Waals surface area contributed by atoms with Gasteiger partial charge in [0.2, 0.25) is 0 Å². The summed E-state index contributed by atoms with van der Waals surface area (Å²) in [7, 11) is 0. The second-order valence-electron chi connectivity index (χ2n) is 3.62. The smallest absolute Gasteiger partial charge is 0.124 e. The van der Waals surface area contributed by atoms with E-state index in [1.165, 1.54) is 18.3 Å². The van der Waals surface area contributed by atoms with Gasteiger partial charge < -0.3 is 5.11 Å². The first-order chi connectivity index (χ1) is 8.69. The third-order valence-electron chi connectivity index (χ3n) is 2.31. The number of aromatic nitrogens is 2. The Balaban J connectivity index is 2.31. The number of halogens is 2. The molecule has 3 nitrogen and oxygen atoms in total. The molecule has 0 saturated heterocycles. The SMILES string of the molecule is OCC#Cc1cc(F)ccc1Cn1cc(Cl)cn1. The number of benzene rings is 1. The van der Waals surface area contributed by atoms with Crippen molar-refractivity contribution in [1.82, 2.24) is 9.78 Å². The van der Waals surface area contributed by atoms with Gasteiger partial charge >= 0.3 is 0 Å². The van der Waals surface area contributed by atoms with Gasteiger partial charge in [0, 0.05) is 11.8 Å². The van der Waals surface area contributed by atoms with Gasteiger partial charge in [0.25, 0.3) is 0 Å². The Bertz CT molecular complexity index is 613. The maximum atomic E-state index is 13.1. The molecular weight excluding hydrogens is 255 g/mol. The highest BCUT2D eigenvalue weighted by Gasteiger charge is 2.04. The third-order valence-corrected chi connectivity index (χ3v) is 2.50. The maximum absolute atomic E-state index is 13.1. The van der Waals surface area contributed by atoms with Crippen molar-refractivity contribution in [3.63, 3.8) is 0 Å². The fourth-order valence-corrected chi connectivity index (χ4v) is 1.69. The zero-order chi connectivity index (χ0) is 13.0. The molecule has 0 atom stereocenters. The average molecular weight is 265 g/mol. The van der Waals surface area contributed by atoms with Crippen molar-refractivity contribution in [3.05, 3.63) is 52.6 Å². The Hall–Kier alpha value is -1.83. The van der Waals surface area contributed by atoms with Gasteiger partial charge in [-0.25, -0.2) is 4.39 Å².